The number of nitrogens with one attached hydrogen (secondary N) is 1. The first kappa shape index (κ1) is 13.4. The minimum absolute atomic E-state index is 0.432. The highest BCUT2D eigenvalue weighted by molar-refractivity contribution is 5.99. The average Bonchev–Trinajstić information content (AvgIpc) is 3.20. The van der Waals surface area contributed by atoms with Gasteiger partial charge in [-0.3, -0.25) is 4.99 Å². The van der Waals surface area contributed by atoms with Crippen LogP contribution in [0.25, 0.3) is 11.0 Å². The van der Waals surface area contributed by atoms with Gasteiger partial charge in [-0.05, 0) is 18.9 Å². The number of hydrogen-bond donors (Lipinski definition) is 1. The molecule has 0 spiro atoms. The van der Waals surface area contributed by atoms with E-state index in [1.807, 2.05) is 0 Å². The van der Waals surface area contributed by atoms with Crippen LogP contribution in [-0.2, 0) is 0 Å². The fourth-order valence-corrected chi connectivity index (χ4v) is 4.44. The topological polar surface area (TPSA) is 47.5 Å². The van der Waals surface area contributed by atoms with Crippen LogP contribution in [-0.4, -0.2) is 64.9 Å². The lowest BCUT2D eigenvalue weighted by molar-refractivity contribution is 0.307. The van der Waals surface area contributed by atoms with Crippen molar-refractivity contribution in [2.45, 2.75) is 6.04 Å². The van der Waals surface area contributed by atoms with E-state index < -0.39 is 11.6 Å². The molecule has 3 aliphatic rings. The van der Waals surface area contributed by atoms with Gasteiger partial charge in [0.15, 0.2) is 23.3 Å². The van der Waals surface area contributed by atoms with Gasteiger partial charge in [-0.1, -0.05) is 0 Å². The predicted molar refractivity (Wildman–Crippen MR) is 82.4 cm³/mol. The number of hydrogen-bond acceptors (Lipinski definition) is 4. The quantitative estimate of drug-likeness (QED) is 0.866. The largest absolute Gasteiger partial charge is 0.348 e. The maximum Gasteiger partial charge on any atom is 0.174 e. The van der Waals surface area contributed by atoms with Gasteiger partial charge in [-0.25, -0.2) is 13.8 Å². The van der Waals surface area contributed by atoms with Gasteiger partial charge in [-0.15, -0.1) is 0 Å². The van der Waals surface area contributed by atoms with Gasteiger partial charge in [0.25, 0.3) is 0 Å². The van der Waals surface area contributed by atoms with E-state index in [1.165, 1.54) is 0 Å². The van der Waals surface area contributed by atoms with Crippen molar-refractivity contribution in [1.82, 2.24) is 19.8 Å². The molecule has 1 N–H and O–H groups in total. The number of fused-ring (bicyclic) bond motifs is 4. The highest BCUT2D eigenvalue weighted by Crippen LogP contribution is 2.39. The standard InChI is InChI=1S/C16H17F2N5/c1-22-5-8-6-23-14(9(8)7-22)4-19-16(23)15-20-12-2-10(17)11(18)3-13(12)21-15/h2-3,8-9,14H,4-7H2,1H3,(H,20,21)/t8-,9-,14?/m1/s1. The number of imidazole rings is 1. The lowest BCUT2D eigenvalue weighted by atomic mass is 9.94. The summed E-state index contributed by atoms with van der Waals surface area (Å²) >= 11 is 0. The van der Waals surface area contributed by atoms with E-state index in [4.69, 9.17) is 0 Å². The zero-order valence-electron chi connectivity index (χ0n) is 12.8. The third-order valence-corrected chi connectivity index (χ3v) is 5.44. The molecule has 2 fully saturated rings. The lowest BCUT2D eigenvalue weighted by Crippen LogP contribution is -2.37. The van der Waals surface area contributed by atoms with Crippen molar-refractivity contribution in [3.05, 3.63) is 29.6 Å². The Morgan fingerprint density at radius 1 is 1.17 bits per heavy atom. The third kappa shape index (κ3) is 1.86. The summed E-state index contributed by atoms with van der Waals surface area (Å²) in [5, 5.41) is 0. The summed E-state index contributed by atoms with van der Waals surface area (Å²) < 4.78 is 26.7. The van der Waals surface area contributed by atoms with Gasteiger partial charge in [0, 0.05) is 31.8 Å². The van der Waals surface area contributed by atoms with Crippen LogP contribution in [0.4, 0.5) is 8.78 Å². The van der Waals surface area contributed by atoms with E-state index in [9.17, 15) is 8.78 Å². The molecule has 23 heavy (non-hydrogen) atoms. The SMILES string of the molecule is CN1C[C@@H]2CN3C(c4nc5cc(F)c(F)cc5[nH]4)=NCC3[C@@H]2C1. The molecule has 0 bridgehead atoms. The number of amidine groups is 1. The molecule has 3 aliphatic heterocycles. The highest BCUT2D eigenvalue weighted by atomic mass is 19.2. The molecule has 5 nitrogen and oxygen atoms in total. The number of benzene rings is 1. The zero-order valence-corrected chi connectivity index (χ0v) is 12.8. The summed E-state index contributed by atoms with van der Waals surface area (Å²) in [4.78, 5) is 16.9. The van der Waals surface area contributed by atoms with Crippen LogP contribution >= 0.6 is 0 Å². The van der Waals surface area contributed by atoms with Crippen molar-refractivity contribution < 1.29 is 8.78 Å². The average molecular weight is 317 g/mol. The molecule has 3 atom stereocenters. The first-order valence-electron chi connectivity index (χ1n) is 7.95. The van der Waals surface area contributed by atoms with E-state index in [2.05, 4.69) is 31.8 Å². The summed E-state index contributed by atoms with van der Waals surface area (Å²) in [6.45, 7) is 4.01. The van der Waals surface area contributed by atoms with E-state index in [0.717, 1.165) is 44.1 Å². The summed E-state index contributed by atoms with van der Waals surface area (Å²) in [5.41, 5.74) is 0.938. The molecule has 0 radical (unpaired) electrons. The summed E-state index contributed by atoms with van der Waals surface area (Å²) in [6, 6.07) is 2.72. The Balaban J connectivity index is 1.49. The van der Waals surface area contributed by atoms with Crippen LogP contribution in [0.5, 0.6) is 0 Å². The molecule has 5 rings (SSSR count). The van der Waals surface area contributed by atoms with Gasteiger partial charge in [0.1, 0.15) is 0 Å². The number of aliphatic imine (C=N–C) groups is 1. The van der Waals surface area contributed by atoms with Gasteiger partial charge in [0.2, 0.25) is 0 Å². The predicted octanol–water partition coefficient (Wildman–Crippen LogP) is 1.46. The number of rotatable bonds is 1. The summed E-state index contributed by atoms with van der Waals surface area (Å²) in [7, 11) is 2.17. The van der Waals surface area contributed by atoms with E-state index in [1.54, 1.807) is 0 Å². The molecular formula is C16H17F2N5. The van der Waals surface area contributed by atoms with Crippen LogP contribution in [0.15, 0.2) is 17.1 Å². The fraction of sp³-hybridized carbons (Fsp3) is 0.500. The second-order valence-electron chi connectivity index (χ2n) is 6.90. The van der Waals surface area contributed by atoms with Crippen LogP contribution in [0.3, 0.4) is 0 Å². The minimum atomic E-state index is -0.875. The van der Waals surface area contributed by atoms with Gasteiger partial charge < -0.3 is 14.8 Å². The van der Waals surface area contributed by atoms with Crippen molar-refractivity contribution in [2.24, 2.45) is 16.8 Å². The number of nitrogens with zero attached hydrogens (tertiary/aromatic N) is 4. The molecule has 0 saturated carbocycles. The number of aromatic nitrogens is 2. The summed E-state index contributed by atoms with van der Waals surface area (Å²) in [5.74, 6) is 1.04. The second-order valence-corrected chi connectivity index (χ2v) is 6.90. The number of halogens is 2. The number of aromatic amines is 1. The Labute approximate surface area is 132 Å². The molecule has 0 amide bonds. The van der Waals surface area contributed by atoms with E-state index >= 15 is 0 Å². The molecule has 2 saturated heterocycles. The molecule has 1 unspecified atom stereocenters. The Morgan fingerprint density at radius 2 is 2.00 bits per heavy atom. The Kier molecular flexibility index (Phi) is 2.63. The van der Waals surface area contributed by atoms with Crippen molar-refractivity contribution in [2.75, 3.05) is 33.2 Å². The molecule has 120 valence electrons. The van der Waals surface area contributed by atoms with Crippen molar-refractivity contribution in [3.63, 3.8) is 0 Å². The Hall–Kier alpha value is -2.02. The number of H-pyrrole nitrogens is 1. The normalized spacial score (nSPS) is 30.1. The van der Waals surface area contributed by atoms with E-state index in [-0.39, 0.29) is 0 Å². The van der Waals surface area contributed by atoms with Crippen LogP contribution in [0.2, 0.25) is 0 Å². The van der Waals surface area contributed by atoms with Crippen LogP contribution in [0, 0.1) is 23.5 Å². The Morgan fingerprint density at radius 3 is 2.87 bits per heavy atom. The smallest absolute Gasteiger partial charge is 0.174 e. The maximum absolute atomic E-state index is 13.4. The van der Waals surface area contributed by atoms with Crippen LogP contribution in [0.1, 0.15) is 5.82 Å². The van der Waals surface area contributed by atoms with Crippen molar-refractivity contribution in [3.8, 4) is 0 Å². The third-order valence-electron chi connectivity index (χ3n) is 5.44. The van der Waals surface area contributed by atoms with Crippen molar-refractivity contribution >= 4 is 16.9 Å². The minimum Gasteiger partial charge on any atom is -0.348 e. The molecule has 2 aromatic rings. The zero-order chi connectivity index (χ0) is 15.7. The first-order chi connectivity index (χ1) is 11.1. The second kappa shape index (κ2) is 4.50. The number of likely N-dealkylation sites (tertiary alicyclic amines) is 1. The summed E-state index contributed by atoms with van der Waals surface area (Å²) in [6.07, 6.45) is 0. The highest BCUT2D eigenvalue weighted by Gasteiger charge is 2.49. The monoisotopic (exact) mass is 317 g/mol. The van der Waals surface area contributed by atoms with Crippen LogP contribution < -0.4 is 0 Å². The Bertz CT molecular complexity index is 790. The first-order valence-corrected chi connectivity index (χ1v) is 7.95. The molecular weight excluding hydrogens is 300 g/mol. The van der Waals surface area contributed by atoms with Gasteiger partial charge in [0.05, 0.1) is 23.6 Å². The fourth-order valence-electron chi connectivity index (χ4n) is 4.44. The van der Waals surface area contributed by atoms with Gasteiger partial charge >= 0.3 is 0 Å². The van der Waals surface area contributed by atoms with Gasteiger partial charge in [-0.2, -0.15) is 0 Å². The molecule has 1 aromatic heterocycles. The van der Waals surface area contributed by atoms with Crippen molar-refractivity contribution in [1.29, 1.82) is 0 Å². The lowest BCUT2D eigenvalue weighted by Gasteiger charge is -2.23. The molecule has 0 aliphatic carbocycles. The van der Waals surface area contributed by atoms with E-state index in [0.29, 0.717) is 34.7 Å². The molecule has 4 heterocycles. The molecule has 7 heteroatoms. The molecule has 1 aromatic carbocycles. The maximum atomic E-state index is 13.4.